The number of aliphatic hydroxyl groups excluding tert-OH is 1. The molecule has 11 rings (SSSR count). The monoisotopic (exact) mass is 1530 g/mol. The van der Waals surface area contributed by atoms with E-state index in [1.165, 1.54) is 89.9 Å². The second-order valence-electron chi connectivity index (χ2n) is 30.7. The lowest BCUT2D eigenvalue weighted by Gasteiger charge is -2.22. The number of methoxy groups -OCH3 is 2. The number of unbranched alkanes of at least 4 members (excludes halogenated alkanes) is 1. The van der Waals surface area contributed by atoms with Crippen LogP contribution in [0.3, 0.4) is 0 Å². The van der Waals surface area contributed by atoms with Crippen molar-refractivity contribution in [2.24, 2.45) is 17.8 Å². The van der Waals surface area contributed by atoms with Gasteiger partial charge in [-0.1, -0.05) is 318 Å². The summed E-state index contributed by atoms with van der Waals surface area (Å²) >= 11 is 0. The zero-order chi connectivity index (χ0) is 83.0. The lowest BCUT2D eigenvalue weighted by atomic mass is 9.81. The number of fused-ring (bicyclic) bond motifs is 3. The van der Waals surface area contributed by atoms with E-state index in [1.54, 1.807) is 45.4 Å². The van der Waals surface area contributed by atoms with E-state index in [1.807, 2.05) is 32.9 Å². The summed E-state index contributed by atoms with van der Waals surface area (Å²) in [5, 5.41) is 20.1. The lowest BCUT2D eigenvalue weighted by molar-refractivity contribution is 0.232. The van der Waals surface area contributed by atoms with Gasteiger partial charge in [-0.15, -0.1) is 0 Å². The summed E-state index contributed by atoms with van der Waals surface area (Å²) in [6, 6.07) is 70.9. The molecular weight excluding hydrogens is 1410 g/mol. The quantitative estimate of drug-likeness (QED) is 0.0272. The molecule has 0 bridgehead atoms. The van der Waals surface area contributed by atoms with Crippen LogP contribution in [-0.2, 0) is 18.4 Å². The minimum atomic E-state index is -0.292. The van der Waals surface area contributed by atoms with Crippen LogP contribution in [-0.4, -0.2) is 39.1 Å². The molecule has 10 aromatic rings. The molecule has 0 heterocycles. The summed E-state index contributed by atoms with van der Waals surface area (Å²) in [5.74, 6) is 4.97. The molecule has 596 valence electrons. The number of ether oxygens (including phenoxy) is 5. The van der Waals surface area contributed by atoms with E-state index in [-0.39, 0.29) is 12.0 Å². The predicted octanol–water partition coefficient (Wildman–Crippen LogP) is 28.9. The lowest BCUT2D eigenvalue weighted by Crippen LogP contribution is -2.15. The van der Waals surface area contributed by atoms with Crippen molar-refractivity contribution in [3.63, 3.8) is 0 Å². The molecule has 1 N–H and O–H groups in total. The van der Waals surface area contributed by atoms with Crippen LogP contribution in [0.15, 0.2) is 212 Å². The number of nitrogens with zero attached hydrogens (tertiary/aromatic N) is 2. The van der Waals surface area contributed by atoms with Crippen molar-refractivity contribution in [3.05, 3.63) is 318 Å². The number of benzene rings is 10. The molecule has 0 amide bonds. The number of aliphatic hydroxyl groups is 1. The Morgan fingerprint density at radius 2 is 0.922 bits per heavy atom. The van der Waals surface area contributed by atoms with Gasteiger partial charge in [0.15, 0.2) is 5.70 Å². The van der Waals surface area contributed by atoms with Crippen LogP contribution in [0.4, 0.5) is 0 Å². The maximum Gasteiger partial charge on any atom is 0.195 e. The minimum absolute atomic E-state index is 0.00178. The second-order valence-corrected chi connectivity index (χ2v) is 30.7. The van der Waals surface area contributed by atoms with Crippen LogP contribution < -0.4 is 23.7 Å². The van der Waals surface area contributed by atoms with Crippen LogP contribution in [0.1, 0.15) is 216 Å². The molecule has 0 saturated carbocycles. The topological polar surface area (TPSA) is 94.5 Å². The molecule has 1 aliphatic carbocycles. The van der Waals surface area contributed by atoms with Crippen molar-refractivity contribution in [3.8, 4) is 68.2 Å². The first kappa shape index (κ1) is 89.1. The second kappa shape index (κ2) is 44.9. The van der Waals surface area contributed by atoms with Crippen molar-refractivity contribution in [1.82, 2.24) is 0 Å². The Kier molecular flexibility index (Phi) is 34.8. The van der Waals surface area contributed by atoms with E-state index in [4.69, 9.17) is 30.3 Å². The van der Waals surface area contributed by atoms with Crippen LogP contribution in [0, 0.1) is 63.4 Å². The van der Waals surface area contributed by atoms with Crippen molar-refractivity contribution in [2.75, 3.05) is 34.0 Å². The molecule has 0 spiro atoms. The first-order valence-electron chi connectivity index (χ1n) is 41.2. The fourth-order valence-electron chi connectivity index (χ4n) is 13.7. The standard InChI is InChI=1S/C35H46N2O4.C33H30.C30H34O2.C9H12/c1-9-13-14-26(11-3)23-41-34-15-25(6)33(39-8)18-28(34)17-32(37-7)30-19-35(40-22-24(5)10-2)31(16-29(30)21-38)27(12-4)20-36;1-5-6-25-13-19-29-30-20-14-26(22-32(30)33(3,4)31(29)21-25)10-9-24-11-17-28(18-12-24)27-15-7-23(2)8-16-27;1-6-8-24-9-14-26(15-10-24)27-16-11-25(12-17-27)13-18-28-20-29(31-5)23(4)19-30(28)32-21-22(3)7-2;1-3-9-6-4-8(2)5-7-9/h12,15-19,24,26,38H,9-11,13-14,21-23H2,1-6,8H3;5-22H,1-4H3;6,8-20,22H,7,21H2,1-5H3;4-7H,3H2,1-2H3/b27-12+,32-17-;6-5+,10-9+;8-6+,18-13+;. The Balaban J connectivity index is 0.000000205. The zero-order valence-electron chi connectivity index (χ0n) is 71.6. The zero-order valence-corrected chi connectivity index (χ0v) is 71.6. The van der Waals surface area contributed by atoms with Gasteiger partial charge in [-0.2, -0.15) is 5.26 Å². The van der Waals surface area contributed by atoms with Gasteiger partial charge in [-0.25, -0.2) is 4.85 Å². The van der Waals surface area contributed by atoms with Crippen LogP contribution in [0.2, 0.25) is 0 Å². The molecule has 3 unspecified atom stereocenters. The van der Waals surface area contributed by atoms with Gasteiger partial charge in [-0.3, -0.25) is 0 Å². The molecular formula is C107H122N2O6. The normalized spacial score (nSPS) is 12.9. The molecule has 0 saturated heterocycles. The first-order chi connectivity index (χ1) is 55.6. The van der Waals surface area contributed by atoms with Gasteiger partial charge in [0.05, 0.1) is 58.9 Å². The van der Waals surface area contributed by atoms with Crippen molar-refractivity contribution in [1.29, 1.82) is 5.26 Å². The van der Waals surface area contributed by atoms with Gasteiger partial charge in [0, 0.05) is 22.1 Å². The summed E-state index contributed by atoms with van der Waals surface area (Å²) < 4.78 is 29.8. The predicted molar refractivity (Wildman–Crippen MR) is 491 cm³/mol. The highest BCUT2D eigenvalue weighted by Crippen LogP contribution is 2.50. The van der Waals surface area contributed by atoms with Crippen LogP contribution >= 0.6 is 0 Å². The largest absolute Gasteiger partial charge is 0.496 e. The molecule has 8 nitrogen and oxygen atoms in total. The average molecular weight is 1530 g/mol. The number of nitriles is 1. The van der Waals surface area contributed by atoms with Gasteiger partial charge >= 0.3 is 0 Å². The highest BCUT2D eigenvalue weighted by atomic mass is 16.5. The molecule has 115 heavy (non-hydrogen) atoms. The van der Waals surface area contributed by atoms with Crippen LogP contribution in [0.25, 0.3) is 92.0 Å². The van der Waals surface area contributed by atoms with E-state index in [0.29, 0.717) is 82.8 Å². The van der Waals surface area contributed by atoms with E-state index in [2.05, 4.69) is 312 Å². The number of hydrogen-bond acceptors (Lipinski definition) is 7. The fraction of sp³-hybridized carbons (Fsp3) is 0.308. The third-order valence-corrected chi connectivity index (χ3v) is 21.6. The Labute approximate surface area is 689 Å². The third-order valence-electron chi connectivity index (χ3n) is 21.6. The Morgan fingerprint density at radius 1 is 0.487 bits per heavy atom. The van der Waals surface area contributed by atoms with E-state index >= 15 is 0 Å². The number of rotatable bonds is 30. The van der Waals surface area contributed by atoms with Crippen molar-refractivity contribution >= 4 is 53.8 Å². The number of aryl methyl sites for hydroxylation is 5. The summed E-state index contributed by atoms with van der Waals surface area (Å²) in [5.41, 5.74) is 26.9. The summed E-state index contributed by atoms with van der Waals surface area (Å²) in [6.45, 7) is 43.6. The summed E-state index contributed by atoms with van der Waals surface area (Å²) in [6.07, 6.45) is 28.3. The fourth-order valence-corrected chi connectivity index (χ4v) is 13.7. The molecule has 3 atom stereocenters. The highest BCUT2D eigenvalue weighted by Gasteiger charge is 2.35. The molecule has 8 heteroatoms. The van der Waals surface area contributed by atoms with Gasteiger partial charge in [0.2, 0.25) is 0 Å². The summed E-state index contributed by atoms with van der Waals surface area (Å²) in [4.78, 5) is 3.87. The van der Waals surface area contributed by atoms with Gasteiger partial charge in [-0.05, 0) is 222 Å². The SMILES string of the molecule is C/C=C/c1ccc(-c2ccc(/C=C/c3cc(OC)c(C)cc3OCC(C)CC)cc2)cc1.C/C=C/c1ccc2c(c1)C(C)(C)c1cc(/C=C/c3ccc(-c4ccc(C)cc4)cc3)ccc1-2.CCc1ccc(C)cc1.[C-]#[N+]/C(=C\c1cc(OC)c(C)cc1OCC(CC)CCCC)c1cc(OCC(C)CC)c(/C(C#N)=C/C)cc1CO. The van der Waals surface area contributed by atoms with E-state index in [0.717, 1.165) is 77.8 Å². The van der Waals surface area contributed by atoms with Crippen LogP contribution in [0.5, 0.6) is 28.7 Å². The summed E-state index contributed by atoms with van der Waals surface area (Å²) in [7, 11) is 3.33. The smallest absolute Gasteiger partial charge is 0.195 e. The maximum absolute atomic E-state index is 10.3. The molecule has 0 aromatic heterocycles. The molecule has 10 aromatic carbocycles. The molecule has 0 fully saturated rings. The molecule has 1 aliphatic rings. The Bertz CT molecular complexity index is 5070. The minimum Gasteiger partial charge on any atom is -0.496 e. The highest BCUT2D eigenvalue weighted by molar-refractivity contribution is 5.91. The van der Waals surface area contributed by atoms with Gasteiger partial charge in [0.1, 0.15) is 28.7 Å². The molecule has 0 aliphatic heterocycles. The van der Waals surface area contributed by atoms with Crippen molar-refractivity contribution < 1.29 is 28.8 Å². The number of allylic oxidation sites excluding steroid dienone is 4. The number of hydrogen-bond donors (Lipinski definition) is 1. The van der Waals surface area contributed by atoms with E-state index < -0.39 is 0 Å². The van der Waals surface area contributed by atoms with E-state index in [9.17, 15) is 10.4 Å². The van der Waals surface area contributed by atoms with Gasteiger partial charge in [0.25, 0.3) is 0 Å². The third kappa shape index (κ3) is 25.0. The Morgan fingerprint density at radius 3 is 1.37 bits per heavy atom. The van der Waals surface area contributed by atoms with Crippen molar-refractivity contribution in [2.45, 2.75) is 168 Å². The molecule has 0 radical (unpaired) electrons. The average Bonchev–Trinajstić information content (AvgIpc) is 1.59. The maximum atomic E-state index is 10.3. The van der Waals surface area contributed by atoms with Gasteiger partial charge < -0.3 is 28.8 Å². The first-order valence-corrected chi connectivity index (χ1v) is 41.2. The Hall–Kier alpha value is -11.4.